The van der Waals surface area contributed by atoms with E-state index < -0.39 is 0 Å². The van der Waals surface area contributed by atoms with Gasteiger partial charge in [0.05, 0.1) is 5.52 Å². The fourth-order valence-corrected chi connectivity index (χ4v) is 1.50. The van der Waals surface area contributed by atoms with E-state index in [-0.39, 0.29) is 0 Å². The van der Waals surface area contributed by atoms with Crippen LogP contribution in [0.25, 0.3) is 10.9 Å². The van der Waals surface area contributed by atoms with Crippen LogP contribution < -0.4 is 0 Å². The van der Waals surface area contributed by atoms with Crippen LogP contribution in [0.4, 0.5) is 0 Å². The lowest BCUT2D eigenvalue weighted by molar-refractivity contribution is -0.129. The molecule has 0 spiro atoms. The first-order chi connectivity index (χ1) is 7.29. The van der Waals surface area contributed by atoms with Crippen LogP contribution in [-0.2, 0) is 16.1 Å². The summed E-state index contributed by atoms with van der Waals surface area (Å²) >= 11 is 0. The molecule has 0 N–H and O–H groups in total. The van der Waals surface area contributed by atoms with Crippen molar-refractivity contribution in [3.8, 4) is 0 Å². The average Bonchev–Trinajstić information content (AvgIpc) is 2.26. The highest BCUT2D eigenvalue weighted by molar-refractivity contribution is 5.79. The molecule has 3 nitrogen and oxygen atoms in total. The van der Waals surface area contributed by atoms with E-state index >= 15 is 0 Å². The van der Waals surface area contributed by atoms with Crippen LogP contribution in [0.3, 0.4) is 0 Å². The highest BCUT2D eigenvalue weighted by Gasteiger charge is 1.98. The van der Waals surface area contributed by atoms with Crippen molar-refractivity contribution in [1.29, 1.82) is 0 Å². The Morgan fingerprint density at radius 2 is 2.20 bits per heavy atom. The van der Waals surface area contributed by atoms with Crippen molar-refractivity contribution < 1.29 is 9.53 Å². The van der Waals surface area contributed by atoms with Crippen LogP contribution in [0.1, 0.15) is 11.3 Å². The van der Waals surface area contributed by atoms with Crippen molar-refractivity contribution in [3.63, 3.8) is 0 Å². The Hall–Kier alpha value is -1.90. The van der Waals surface area contributed by atoms with Gasteiger partial charge in [-0.1, -0.05) is 12.1 Å². The third-order valence-electron chi connectivity index (χ3n) is 2.21. The Balaban J connectivity index is 2.38. The van der Waals surface area contributed by atoms with Crippen molar-refractivity contribution in [2.24, 2.45) is 0 Å². The number of rotatable bonds is 3. The monoisotopic (exact) mass is 201 g/mol. The molecular formula is C12H11NO2. The number of ether oxygens (including phenoxy) is 1. The van der Waals surface area contributed by atoms with E-state index in [1.807, 2.05) is 37.3 Å². The number of aryl methyl sites for hydroxylation is 1. The largest absolute Gasteiger partial charge is 0.463 e. The van der Waals surface area contributed by atoms with E-state index in [9.17, 15) is 4.79 Å². The molecule has 0 atom stereocenters. The molecule has 15 heavy (non-hydrogen) atoms. The van der Waals surface area contributed by atoms with Gasteiger partial charge in [-0.15, -0.1) is 0 Å². The van der Waals surface area contributed by atoms with Gasteiger partial charge in [0.2, 0.25) is 0 Å². The van der Waals surface area contributed by atoms with Crippen molar-refractivity contribution in [1.82, 2.24) is 4.98 Å². The molecule has 0 radical (unpaired) electrons. The second-order valence-electron chi connectivity index (χ2n) is 3.39. The Labute approximate surface area is 87.7 Å². The molecule has 0 aliphatic rings. The second kappa shape index (κ2) is 4.09. The molecule has 2 aromatic rings. The molecule has 0 amide bonds. The molecule has 0 aliphatic carbocycles. The van der Waals surface area contributed by atoms with Gasteiger partial charge in [-0.2, -0.15) is 0 Å². The SMILES string of the molecule is Cc1ccc2cc(COC=O)ccc2n1. The average molecular weight is 201 g/mol. The van der Waals surface area contributed by atoms with Gasteiger partial charge in [0, 0.05) is 11.1 Å². The molecule has 0 unspecified atom stereocenters. The Morgan fingerprint density at radius 3 is 3.00 bits per heavy atom. The van der Waals surface area contributed by atoms with Gasteiger partial charge in [-0.25, -0.2) is 0 Å². The lowest BCUT2D eigenvalue weighted by Gasteiger charge is -2.02. The number of hydrogen-bond donors (Lipinski definition) is 0. The van der Waals surface area contributed by atoms with E-state index in [2.05, 4.69) is 4.98 Å². The van der Waals surface area contributed by atoms with E-state index in [0.717, 1.165) is 22.2 Å². The lowest BCUT2D eigenvalue weighted by Crippen LogP contribution is -1.91. The third-order valence-corrected chi connectivity index (χ3v) is 2.21. The summed E-state index contributed by atoms with van der Waals surface area (Å²) < 4.78 is 4.69. The maximum absolute atomic E-state index is 10.1. The quantitative estimate of drug-likeness (QED) is 0.715. The topological polar surface area (TPSA) is 39.2 Å². The Morgan fingerprint density at radius 1 is 1.33 bits per heavy atom. The van der Waals surface area contributed by atoms with Gasteiger partial charge < -0.3 is 4.74 Å². The molecule has 76 valence electrons. The summed E-state index contributed by atoms with van der Waals surface area (Å²) in [5.41, 5.74) is 2.93. The first kappa shape index (κ1) is 9.65. The highest BCUT2D eigenvalue weighted by Crippen LogP contribution is 2.15. The molecule has 0 aliphatic heterocycles. The van der Waals surface area contributed by atoms with Crippen LogP contribution >= 0.6 is 0 Å². The zero-order valence-corrected chi connectivity index (χ0v) is 8.43. The van der Waals surface area contributed by atoms with Crippen molar-refractivity contribution in [2.45, 2.75) is 13.5 Å². The van der Waals surface area contributed by atoms with Crippen molar-refractivity contribution >= 4 is 17.4 Å². The summed E-state index contributed by atoms with van der Waals surface area (Å²) in [4.78, 5) is 14.4. The molecule has 0 bridgehead atoms. The molecule has 1 heterocycles. The van der Waals surface area contributed by atoms with Gasteiger partial charge in [-0.05, 0) is 30.7 Å². The van der Waals surface area contributed by atoms with Crippen LogP contribution in [0.5, 0.6) is 0 Å². The van der Waals surface area contributed by atoms with Crippen LogP contribution in [0.2, 0.25) is 0 Å². The van der Waals surface area contributed by atoms with Gasteiger partial charge in [0.1, 0.15) is 6.61 Å². The maximum Gasteiger partial charge on any atom is 0.293 e. The van der Waals surface area contributed by atoms with Gasteiger partial charge >= 0.3 is 0 Å². The van der Waals surface area contributed by atoms with Gasteiger partial charge in [-0.3, -0.25) is 9.78 Å². The zero-order chi connectivity index (χ0) is 10.7. The Kier molecular flexibility index (Phi) is 2.63. The van der Waals surface area contributed by atoms with E-state index in [4.69, 9.17) is 4.74 Å². The maximum atomic E-state index is 10.1. The summed E-state index contributed by atoms with van der Waals surface area (Å²) in [6, 6.07) is 9.81. The summed E-state index contributed by atoms with van der Waals surface area (Å²) in [7, 11) is 0. The summed E-state index contributed by atoms with van der Waals surface area (Å²) in [5.74, 6) is 0. The molecule has 0 saturated carbocycles. The minimum absolute atomic E-state index is 0.313. The first-order valence-electron chi connectivity index (χ1n) is 4.71. The number of carbonyl (C=O) groups excluding carboxylic acids is 1. The standard InChI is InChI=1S/C12H11NO2/c1-9-2-4-11-6-10(7-15-8-14)3-5-12(11)13-9/h2-6,8H,7H2,1H3. The third kappa shape index (κ3) is 2.13. The highest BCUT2D eigenvalue weighted by atomic mass is 16.5. The number of benzene rings is 1. The summed E-state index contributed by atoms with van der Waals surface area (Å²) in [5, 5.41) is 1.06. The first-order valence-corrected chi connectivity index (χ1v) is 4.71. The molecule has 0 saturated heterocycles. The minimum atomic E-state index is 0.313. The summed E-state index contributed by atoms with van der Waals surface area (Å²) in [6.45, 7) is 2.73. The lowest BCUT2D eigenvalue weighted by atomic mass is 10.1. The fraction of sp³-hybridized carbons (Fsp3) is 0.167. The number of carbonyl (C=O) groups is 1. The van der Waals surface area contributed by atoms with Crippen LogP contribution in [0, 0.1) is 6.92 Å². The number of pyridine rings is 1. The molecule has 0 fully saturated rings. The molecule has 1 aromatic heterocycles. The number of nitrogens with zero attached hydrogens (tertiary/aromatic N) is 1. The van der Waals surface area contributed by atoms with Crippen LogP contribution in [-0.4, -0.2) is 11.5 Å². The number of hydrogen-bond acceptors (Lipinski definition) is 3. The second-order valence-corrected chi connectivity index (χ2v) is 3.39. The number of aromatic nitrogens is 1. The van der Waals surface area contributed by atoms with Gasteiger partial charge in [0.15, 0.2) is 0 Å². The Bertz CT molecular complexity index is 494. The molecule has 1 aromatic carbocycles. The van der Waals surface area contributed by atoms with Crippen LogP contribution in [0.15, 0.2) is 30.3 Å². The van der Waals surface area contributed by atoms with Crippen molar-refractivity contribution in [3.05, 3.63) is 41.6 Å². The van der Waals surface area contributed by atoms with E-state index in [1.165, 1.54) is 0 Å². The van der Waals surface area contributed by atoms with Gasteiger partial charge in [0.25, 0.3) is 6.47 Å². The van der Waals surface area contributed by atoms with E-state index in [1.54, 1.807) is 0 Å². The predicted molar refractivity (Wildman–Crippen MR) is 57.3 cm³/mol. The molecule has 2 rings (SSSR count). The van der Waals surface area contributed by atoms with E-state index in [0.29, 0.717) is 13.1 Å². The minimum Gasteiger partial charge on any atom is -0.463 e. The van der Waals surface area contributed by atoms with Crippen molar-refractivity contribution in [2.75, 3.05) is 0 Å². The smallest absolute Gasteiger partial charge is 0.293 e. The molecule has 3 heteroatoms. The summed E-state index contributed by atoms with van der Waals surface area (Å²) in [6.07, 6.45) is 0. The zero-order valence-electron chi connectivity index (χ0n) is 8.43. The normalized spacial score (nSPS) is 10.2. The predicted octanol–water partition coefficient (Wildman–Crippen LogP) is 2.22. The molecular weight excluding hydrogens is 190 g/mol. The fourth-order valence-electron chi connectivity index (χ4n) is 1.50. The number of fused-ring (bicyclic) bond motifs is 1.